The second-order valence-corrected chi connectivity index (χ2v) is 8.25. The molecule has 1 amide bonds. The van der Waals surface area contributed by atoms with Crippen LogP contribution in [0.15, 0.2) is 18.3 Å². The second kappa shape index (κ2) is 6.63. The van der Waals surface area contributed by atoms with Crippen LogP contribution in [0.4, 0.5) is 18.0 Å². The second-order valence-electron chi connectivity index (χ2n) is 8.25. The number of amides is 1. The van der Waals surface area contributed by atoms with Gasteiger partial charge in [-0.3, -0.25) is 9.88 Å². The number of carboxylic acid groups (broad SMARTS) is 1. The van der Waals surface area contributed by atoms with Gasteiger partial charge in [0, 0.05) is 6.20 Å². The summed E-state index contributed by atoms with van der Waals surface area (Å²) in [5.74, 6) is 0. The van der Waals surface area contributed by atoms with Crippen molar-refractivity contribution in [1.29, 1.82) is 0 Å². The molecule has 1 aromatic rings. The third kappa shape index (κ3) is 3.62. The predicted molar refractivity (Wildman–Crippen MR) is 91.0 cm³/mol. The molecule has 9 heteroatoms. The molecule has 152 valence electrons. The van der Waals surface area contributed by atoms with E-state index in [9.17, 15) is 28.2 Å². The fourth-order valence-corrected chi connectivity index (χ4v) is 4.04. The number of hydrogen-bond donors (Lipinski definition) is 2. The van der Waals surface area contributed by atoms with E-state index in [4.69, 9.17) is 4.74 Å². The molecule has 2 atom stereocenters. The highest BCUT2D eigenvalue weighted by molar-refractivity contribution is 5.68. The summed E-state index contributed by atoms with van der Waals surface area (Å²) in [6.07, 6.45) is -5.81. The molecule has 1 saturated heterocycles. The van der Waals surface area contributed by atoms with Crippen molar-refractivity contribution in [2.75, 3.05) is 6.61 Å². The number of ether oxygens (including phenoxy) is 1. The Morgan fingerprint density at radius 1 is 1.33 bits per heavy atom. The summed E-state index contributed by atoms with van der Waals surface area (Å²) < 4.78 is 45.0. The zero-order valence-electron chi connectivity index (χ0n) is 16.0. The van der Waals surface area contributed by atoms with Crippen LogP contribution < -0.4 is 0 Å². The van der Waals surface area contributed by atoms with Gasteiger partial charge in [0.05, 0.1) is 12.1 Å². The molecule has 0 bridgehead atoms. The van der Waals surface area contributed by atoms with Gasteiger partial charge in [0.15, 0.2) is 0 Å². The van der Waals surface area contributed by atoms with Gasteiger partial charge in [-0.15, -0.1) is 0 Å². The molecule has 6 nitrogen and oxygen atoms in total. The van der Waals surface area contributed by atoms with E-state index in [1.807, 2.05) is 0 Å². The summed E-state index contributed by atoms with van der Waals surface area (Å²) in [6, 6.07) is 2.33. The van der Waals surface area contributed by atoms with Crippen molar-refractivity contribution in [2.24, 2.45) is 5.41 Å². The van der Waals surface area contributed by atoms with Gasteiger partial charge in [-0.1, -0.05) is 20.8 Å². The van der Waals surface area contributed by atoms with Crippen molar-refractivity contribution in [2.45, 2.75) is 64.6 Å². The van der Waals surface area contributed by atoms with Gasteiger partial charge in [0.25, 0.3) is 0 Å². The zero-order valence-corrected chi connectivity index (χ0v) is 16.0. The number of alkyl halides is 3. The number of aliphatic hydroxyl groups excluding tert-OH is 1. The molecule has 0 unspecified atom stereocenters. The van der Waals surface area contributed by atoms with Gasteiger partial charge in [-0.25, -0.2) is 4.79 Å². The normalized spacial score (nSPS) is 25.7. The highest BCUT2D eigenvalue weighted by Crippen LogP contribution is 2.51. The first-order valence-electron chi connectivity index (χ1n) is 8.51. The molecule has 0 aliphatic carbocycles. The van der Waals surface area contributed by atoms with Gasteiger partial charge >= 0.3 is 12.3 Å². The van der Waals surface area contributed by atoms with Crippen LogP contribution in [0.2, 0.25) is 0 Å². The largest absolute Gasteiger partial charge is 0.465 e. The van der Waals surface area contributed by atoms with E-state index in [0.29, 0.717) is 0 Å². The Labute approximate surface area is 156 Å². The molecular weight excluding hydrogens is 365 g/mol. The average Bonchev–Trinajstić information content (AvgIpc) is 2.74. The van der Waals surface area contributed by atoms with E-state index in [0.717, 1.165) is 17.2 Å². The molecule has 1 fully saturated rings. The van der Waals surface area contributed by atoms with Crippen molar-refractivity contribution in [3.63, 3.8) is 0 Å². The third-order valence-corrected chi connectivity index (χ3v) is 5.15. The average molecular weight is 390 g/mol. The molecule has 0 saturated carbocycles. The summed E-state index contributed by atoms with van der Waals surface area (Å²) in [5, 5.41) is 19.8. The van der Waals surface area contributed by atoms with E-state index in [-0.39, 0.29) is 12.0 Å². The van der Waals surface area contributed by atoms with Crippen LogP contribution >= 0.6 is 0 Å². The standard InChI is InChI=1S/C18H25F3N2O4/c1-15(2,3)17(9-11-6-7-22-12(8-11)18(19,20)21)13(10-24)27-16(4,5)23(17)14(25)26/h6-8,13,24H,9-10H2,1-5H3,(H,25,26)/t13-,17-/m1/s1. The van der Waals surface area contributed by atoms with Crippen LogP contribution in [0, 0.1) is 5.41 Å². The SMILES string of the molecule is CC1(C)O[C@H](CO)[C@](Cc2ccnc(C(F)(F)F)c2)(C(C)(C)C)N1C(=O)O. The summed E-state index contributed by atoms with van der Waals surface area (Å²) in [4.78, 5) is 16.6. The molecule has 1 aromatic heterocycles. The highest BCUT2D eigenvalue weighted by Gasteiger charge is 2.65. The lowest BCUT2D eigenvalue weighted by molar-refractivity contribution is -0.141. The zero-order chi connectivity index (χ0) is 20.8. The number of rotatable bonds is 3. The number of hydrogen-bond acceptors (Lipinski definition) is 4. The van der Waals surface area contributed by atoms with Crippen molar-refractivity contribution in [3.8, 4) is 0 Å². The minimum Gasteiger partial charge on any atom is -0.465 e. The molecule has 2 rings (SSSR count). The topological polar surface area (TPSA) is 82.9 Å². The first-order chi connectivity index (χ1) is 12.2. The molecule has 27 heavy (non-hydrogen) atoms. The van der Waals surface area contributed by atoms with Crippen LogP contribution in [0.1, 0.15) is 45.9 Å². The molecule has 2 N–H and O–H groups in total. The first-order valence-corrected chi connectivity index (χ1v) is 8.51. The molecule has 0 spiro atoms. The van der Waals surface area contributed by atoms with Gasteiger partial charge in [-0.05, 0) is 43.4 Å². The van der Waals surface area contributed by atoms with Crippen LogP contribution in [0.5, 0.6) is 0 Å². The minimum absolute atomic E-state index is 0.0664. The van der Waals surface area contributed by atoms with Crippen molar-refractivity contribution in [3.05, 3.63) is 29.6 Å². The van der Waals surface area contributed by atoms with Gasteiger partial charge in [-0.2, -0.15) is 13.2 Å². The van der Waals surface area contributed by atoms with E-state index in [1.54, 1.807) is 34.6 Å². The number of halogens is 3. The van der Waals surface area contributed by atoms with Crippen LogP contribution in [-0.2, 0) is 17.3 Å². The van der Waals surface area contributed by atoms with Crippen LogP contribution in [-0.4, -0.2) is 50.2 Å². The fraction of sp³-hybridized carbons (Fsp3) is 0.667. The Bertz CT molecular complexity index is 715. The van der Waals surface area contributed by atoms with E-state index >= 15 is 0 Å². The van der Waals surface area contributed by atoms with Gasteiger partial charge < -0.3 is 14.9 Å². The van der Waals surface area contributed by atoms with E-state index in [2.05, 4.69) is 4.98 Å². The lowest BCUT2D eigenvalue weighted by Gasteiger charge is -2.50. The quantitative estimate of drug-likeness (QED) is 0.825. The highest BCUT2D eigenvalue weighted by atomic mass is 19.4. The summed E-state index contributed by atoms with van der Waals surface area (Å²) >= 11 is 0. The third-order valence-electron chi connectivity index (χ3n) is 5.15. The van der Waals surface area contributed by atoms with Crippen molar-refractivity contribution in [1.82, 2.24) is 9.88 Å². The maximum Gasteiger partial charge on any atom is 0.433 e. The minimum atomic E-state index is -4.61. The Kier molecular flexibility index (Phi) is 5.26. The molecule has 1 aliphatic rings. The Morgan fingerprint density at radius 2 is 1.93 bits per heavy atom. The molecule has 0 aromatic carbocycles. The molecule has 2 heterocycles. The Morgan fingerprint density at radius 3 is 2.37 bits per heavy atom. The first kappa shape index (κ1) is 21.4. The number of pyridine rings is 1. The van der Waals surface area contributed by atoms with Crippen LogP contribution in [0.3, 0.4) is 0 Å². The van der Waals surface area contributed by atoms with Crippen molar-refractivity contribution >= 4 is 6.09 Å². The summed E-state index contributed by atoms with van der Waals surface area (Å²) in [6.45, 7) is 7.99. The van der Waals surface area contributed by atoms with Crippen LogP contribution in [0.25, 0.3) is 0 Å². The monoisotopic (exact) mass is 390 g/mol. The van der Waals surface area contributed by atoms with E-state index < -0.39 is 47.4 Å². The lowest BCUT2D eigenvalue weighted by Crippen LogP contribution is -2.65. The van der Waals surface area contributed by atoms with Crippen molar-refractivity contribution < 1.29 is 32.9 Å². The number of aromatic nitrogens is 1. The maximum absolute atomic E-state index is 13.0. The summed E-state index contributed by atoms with van der Waals surface area (Å²) in [7, 11) is 0. The van der Waals surface area contributed by atoms with Gasteiger partial charge in [0.2, 0.25) is 0 Å². The molecule has 1 aliphatic heterocycles. The maximum atomic E-state index is 13.0. The van der Waals surface area contributed by atoms with E-state index in [1.165, 1.54) is 6.07 Å². The fourth-order valence-electron chi connectivity index (χ4n) is 4.04. The summed E-state index contributed by atoms with van der Waals surface area (Å²) in [5.41, 5.74) is -4.09. The smallest absolute Gasteiger partial charge is 0.433 e. The molecular formula is C18H25F3N2O4. The molecule has 0 radical (unpaired) electrons. The number of nitrogens with zero attached hydrogens (tertiary/aromatic N) is 2. The number of carbonyl (C=O) groups is 1. The predicted octanol–water partition coefficient (Wildman–Crippen LogP) is 3.54. The Balaban J connectivity index is 2.65. The number of aliphatic hydroxyl groups is 1. The Hall–Kier alpha value is -1.87. The van der Waals surface area contributed by atoms with Gasteiger partial charge in [0.1, 0.15) is 17.5 Å². The lowest BCUT2D eigenvalue weighted by atomic mass is 9.66.